The first kappa shape index (κ1) is 14.2. The first-order chi connectivity index (χ1) is 9.63. The van der Waals surface area contributed by atoms with E-state index in [-0.39, 0.29) is 5.56 Å². The zero-order chi connectivity index (χ0) is 14.5. The van der Waals surface area contributed by atoms with Gasteiger partial charge in [0.1, 0.15) is 22.8 Å². The van der Waals surface area contributed by atoms with Crippen molar-refractivity contribution in [3.63, 3.8) is 0 Å². The molecular weight excluding hydrogens is 280 g/mol. The van der Waals surface area contributed by atoms with Crippen LogP contribution in [0.5, 0.6) is 17.2 Å². The van der Waals surface area contributed by atoms with E-state index in [1.807, 2.05) is 0 Å². The highest BCUT2D eigenvalue weighted by Crippen LogP contribution is 2.30. The maximum atomic E-state index is 11.7. The van der Waals surface area contributed by atoms with E-state index in [0.717, 1.165) is 0 Å². The number of hydrogen-bond donors (Lipinski definition) is 0. The van der Waals surface area contributed by atoms with Crippen LogP contribution in [0.3, 0.4) is 0 Å². The number of carbonyl (C=O) groups excluding carboxylic acids is 1. The standard InChI is InChI=1S/C15H13ClO4/c1-18-11-4-3-5-12(9-11)20-14-7-6-10(16)8-13(14)15(17)19-2/h3-9H,1-2H3. The fourth-order valence-electron chi connectivity index (χ4n) is 1.65. The molecule has 0 unspecified atom stereocenters. The van der Waals surface area contributed by atoms with Crippen LogP contribution in [0.2, 0.25) is 5.02 Å². The van der Waals surface area contributed by atoms with Gasteiger partial charge in [-0.3, -0.25) is 0 Å². The lowest BCUT2D eigenvalue weighted by molar-refractivity contribution is 0.0598. The number of benzene rings is 2. The summed E-state index contributed by atoms with van der Waals surface area (Å²) in [4.78, 5) is 11.7. The Morgan fingerprint density at radius 3 is 2.50 bits per heavy atom. The quantitative estimate of drug-likeness (QED) is 0.801. The van der Waals surface area contributed by atoms with Gasteiger partial charge in [0, 0.05) is 11.1 Å². The number of ether oxygens (including phenoxy) is 3. The van der Waals surface area contributed by atoms with E-state index in [2.05, 4.69) is 0 Å². The smallest absolute Gasteiger partial charge is 0.341 e. The van der Waals surface area contributed by atoms with Crippen molar-refractivity contribution < 1.29 is 19.0 Å². The fraction of sp³-hybridized carbons (Fsp3) is 0.133. The molecule has 20 heavy (non-hydrogen) atoms. The minimum absolute atomic E-state index is 0.266. The molecule has 2 rings (SSSR count). The van der Waals surface area contributed by atoms with Crippen LogP contribution in [-0.4, -0.2) is 20.2 Å². The maximum absolute atomic E-state index is 11.7. The van der Waals surface area contributed by atoms with Gasteiger partial charge in [-0.25, -0.2) is 4.79 Å². The third kappa shape index (κ3) is 3.22. The normalized spacial score (nSPS) is 9.95. The van der Waals surface area contributed by atoms with Gasteiger partial charge in [-0.15, -0.1) is 0 Å². The summed E-state index contributed by atoms with van der Waals surface area (Å²) < 4.78 is 15.5. The van der Waals surface area contributed by atoms with Gasteiger partial charge in [-0.2, -0.15) is 0 Å². The van der Waals surface area contributed by atoms with Crippen molar-refractivity contribution >= 4 is 17.6 Å². The second kappa shape index (κ2) is 6.30. The second-order valence-electron chi connectivity index (χ2n) is 3.91. The molecule has 0 fully saturated rings. The zero-order valence-electron chi connectivity index (χ0n) is 11.1. The number of halogens is 1. The average molecular weight is 293 g/mol. The third-order valence-electron chi connectivity index (χ3n) is 2.62. The molecule has 0 saturated carbocycles. The van der Waals surface area contributed by atoms with Gasteiger partial charge in [0.15, 0.2) is 0 Å². The van der Waals surface area contributed by atoms with Crippen LogP contribution < -0.4 is 9.47 Å². The van der Waals surface area contributed by atoms with Crippen LogP contribution in [0.25, 0.3) is 0 Å². The first-order valence-electron chi connectivity index (χ1n) is 5.84. The highest BCUT2D eigenvalue weighted by molar-refractivity contribution is 6.31. The monoisotopic (exact) mass is 292 g/mol. The summed E-state index contributed by atoms with van der Waals surface area (Å²) in [5.41, 5.74) is 0.266. The van der Waals surface area contributed by atoms with Crippen LogP contribution in [0.15, 0.2) is 42.5 Å². The van der Waals surface area contributed by atoms with Crippen LogP contribution in [0.1, 0.15) is 10.4 Å². The van der Waals surface area contributed by atoms with E-state index in [0.29, 0.717) is 22.3 Å². The molecule has 0 radical (unpaired) electrons. The molecule has 0 aliphatic rings. The molecule has 0 saturated heterocycles. The second-order valence-corrected chi connectivity index (χ2v) is 4.35. The summed E-state index contributed by atoms with van der Waals surface area (Å²) in [5, 5.41) is 0.434. The third-order valence-corrected chi connectivity index (χ3v) is 2.85. The molecule has 0 N–H and O–H groups in total. The van der Waals surface area contributed by atoms with Crippen LogP contribution >= 0.6 is 11.6 Å². The Labute approximate surface area is 121 Å². The largest absolute Gasteiger partial charge is 0.497 e. The van der Waals surface area contributed by atoms with E-state index in [9.17, 15) is 4.79 Å². The number of carbonyl (C=O) groups is 1. The number of rotatable bonds is 4. The molecule has 0 bridgehead atoms. The van der Waals surface area contributed by atoms with E-state index in [1.54, 1.807) is 43.5 Å². The molecule has 0 atom stereocenters. The minimum atomic E-state index is -0.509. The summed E-state index contributed by atoms with van der Waals surface area (Å²) in [7, 11) is 2.87. The average Bonchev–Trinajstić information content (AvgIpc) is 2.48. The van der Waals surface area contributed by atoms with Crippen LogP contribution in [0, 0.1) is 0 Å². The Morgan fingerprint density at radius 1 is 1.05 bits per heavy atom. The Hall–Kier alpha value is -2.20. The maximum Gasteiger partial charge on any atom is 0.341 e. The van der Waals surface area contributed by atoms with Gasteiger partial charge in [0.25, 0.3) is 0 Å². The van der Waals surface area contributed by atoms with Gasteiger partial charge < -0.3 is 14.2 Å². The highest BCUT2D eigenvalue weighted by atomic mass is 35.5. The summed E-state index contributed by atoms with van der Waals surface area (Å²) in [6.45, 7) is 0. The van der Waals surface area contributed by atoms with E-state index in [1.165, 1.54) is 13.2 Å². The van der Waals surface area contributed by atoms with Crippen LogP contribution in [-0.2, 0) is 4.74 Å². The molecule has 2 aromatic carbocycles. The molecule has 0 heterocycles. The lowest BCUT2D eigenvalue weighted by Gasteiger charge is -2.11. The Kier molecular flexibility index (Phi) is 4.48. The number of hydrogen-bond acceptors (Lipinski definition) is 4. The topological polar surface area (TPSA) is 44.8 Å². The van der Waals surface area contributed by atoms with Crippen molar-refractivity contribution in [1.82, 2.24) is 0 Å². The fourth-order valence-corrected chi connectivity index (χ4v) is 1.82. The molecule has 104 valence electrons. The van der Waals surface area contributed by atoms with E-state index in [4.69, 9.17) is 25.8 Å². The SMILES string of the molecule is COC(=O)c1cc(Cl)ccc1Oc1cccc(OC)c1. The summed E-state index contributed by atoms with van der Waals surface area (Å²) in [5.74, 6) is 1.08. The van der Waals surface area contributed by atoms with Crippen molar-refractivity contribution in [1.29, 1.82) is 0 Å². The molecule has 0 aliphatic heterocycles. The van der Waals surface area contributed by atoms with E-state index >= 15 is 0 Å². The first-order valence-corrected chi connectivity index (χ1v) is 6.21. The lowest BCUT2D eigenvalue weighted by atomic mass is 10.2. The van der Waals surface area contributed by atoms with Gasteiger partial charge in [-0.1, -0.05) is 17.7 Å². The van der Waals surface area contributed by atoms with Crippen molar-refractivity contribution in [3.8, 4) is 17.2 Å². The number of methoxy groups -OCH3 is 2. The van der Waals surface area contributed by atoms with Crippen molar-refractivity contribution in [2.24, 2.45) is 0 Å². The number of esters is 1. The molecule has 0 aliphatic carbocycles. The molecule has 4 nitrogen and oxygen atoms in total. The Bertz CT molecular complexity index is 625. The van der Waals surface area contributed by atoms with Gasteiger partial charge >= 0.3 is 5.97 Å². The predicted octanol–water partition coefficient (Wildman–Crippen LogP) is 3.93. The van der Waals surface area contributed by atoms with Gasteiger partial charge in [0.2, 0.25) is 0 Å². The Morgan fingerprint density at radius 2 is 1.80 bits per heavy atom. The molecule has 5 heteroatoms. The highest BCUT2D eigenvalue weighted by Gasteiger charge is 2.14. The molecule has 0 spiro atoms. The predicted molar refractivity (Wildman–Crippen MR) is 75.9 cm³/mol. The molecule has 2 aromatic rings. The van der Waals surface area contributed by atoms with Crippen molar-refractivity contribution in [2.75, 3.05) is 14.2 Å². The summed E-state index contributed by atoms with van der Waals surface area (Å²) in [6.07, 6.45) is 0. The lowest BCUT2D eigenvalue weighted by Crippen LogP contribution is -2.03. The molecular formula is C15H13ClO4. The van der Waals surface area contributed by atoms with Crippen molar-refractivity contribution in [2.45, 2.75) is 0 Å². The van der Waals surface area contributed by atoms with Crippen LogP contribution in [0.4, 0.5) is 0 Å². The van der Waals surface area contributed by atoms with E-state index < -0.39 is 5.97 Å². The van der Waals surface area contributed by atoms with Gasteiger partial charge in [-0.05, 0) is 30.3 Å². The van der Waals surface area contributed by atoms with Gasteiger partial charge in [0.05, 0.1) is 14.2 Å². The minimum Gasteiger partial charge on any atom is -0.497 e. The summed E-state index contributed by atoms with van der Waals surface area (Å²) >= 11 is 5.89. The summed E-state index contributed by atoms with van der Waals surface area (Å²) in [6, 6.07) is 11.8. The molecule has 0 amide bonds. The van der Waals surface area contributed by atoms with Crippen molar-refractivity contribution in [3.05, 3.63) is 53.1 Å². The zero-order valence-corrected chi connectivity index (χ0v) is 11.8. The molecule has 0 aromatic heterocycles. The Balaban J connectivity index is 2.35.